The third kappa shape index (κ3) is 6.64. The first kappa shape index (κ1) is 29.6. The lowest BCUT2D eigenvalue weighted by Gasteiger charge is -2.26. The maximum atomic E-state index is 13.4. The van der Waals surface area contributed by atoms with Crippen LogP contribution in [-0.4, -0.2) is 54.9 Å². The molecule has 15 heteroatoms. The number of hydrogen-bond acceptors (Lipinski definition) is 9. The van der Waals surface area contributed by atoms with Crippen molar-refractivity contribution in [1.82, 2.24) is 29.5 Å². The topological polar surface area (TPSA) is 138 Å². The number of fused-ring (bicyclic) bond motifs is 1. The highest BCUT2D eigenvalue weighted by Gasteiger charge is 2.31. The molecule has 6 aromatic rings. The number of alkyl halides is 3. The van der Waals surface area contributed by atoms with Gasteiger partial charge in [-0.25, -0.2) is 19.3 Å². The summed E-state index contributed by atoms with van der Waals surface area (Å²) in [5.74, 6) is 0.948. The number of ether oxygens (including phenoxy) is 3. The fourth-order valence-corrected chi connectivity index (χ4v) is 4.70. The number of urea groups is 1. The number of nitrogens with one attached hydrogen (secondary N) is 2. The van der Waals surface area contributed by atoms with Crippen LogP contribution in [0, 0.1) is 0 Å². The number of pyridine rings is 1. The second kappa shape index (κ2) is 12.4. The van der Waals surface area contributed by atoms with Crippen LogP contribution in [0.25, 0.3) is 27.9 Å². The molecule has 47 heavy (non-hydrogen) atoms. The number of carbonyl (C=O) groups is 1. The molecule has 0 spiro atoms. The second-order valence-electron chi connectivity index (χ2n) is 10.3. The number of anilines is 2. The molecular weight excluding hydrogens is 617 g/mol. The lowest BCUT2D eigenvalue weighted by atomic mass is 10.0. The van der Waals surface area contributed by atoms with E-state index in [1.807, 2.05) is 12.1 Å². The monoisotopic (exact) mass is 640 g/mol. The molecule has 236 valence electrons. The van der Waals surface area contributed by atoms with Crippen LogP contribution in [0.2, 0.25) is 0 Å². The first-order valence-corrected chi connectivity index (χ1v) is 14.2. The van der Waals surface area contributed by atoms with Crippen molar-refractivity contribution in [3.63, 3.8) is 0 Å². The van der Waals surface area contributed by atoms with Gasteiger partial charge in [0.25, 0.3) is 0 Å². The molecule has 4 aromatic heterocycles. The fourth-order valence-electron chi connectivity index (χ4n) is 4.70. The van der Waals surface area contributed by atoms with E-state index in [4.69, 9.17) is 14.2 Å². The Labute approximate surface area is 264 Å². The summed E-state index contributed by atoms with van der Waals surface area (Å²) in [5.41, 5.74) is 2.41. The normalized spacial score (nSPS) is 13.2. The van der Waals surface area contributed by atoms with Crippen LogP contribution in [-0.2, 0) is 10.9 Å². The van der Waals surface area contributed by atoms with E-state index in [0.717, 1.165) is 23.3 Å². The van der Waals surface area contributed by atoms with E-state index in [2.05, 4.69) is 35.7 Å². The Kier molecular flexibility index (Phi) is 7.79. The molecule has 12 nitrogen and oxygen atoms in total. The molecule has 0 saturated carbocycles. The highest BCUT2D eigenvalue weighted by Crippen LogP contribution is 2.36. The number of aromatic nitrogens is 6. The van der Waals surface area contributed by atoms with E-state index in [1.165, 1.54) is 30.9 Å². The smallest absolute Gasteiger partial charge is 0.416 e. The first-order valence-electron chi connectivity index (χ1n) is 14.2. The van der Waals surface area contributed by atoms with Gasteiger partial charge < -0.3 is 24.8 Å². The summed E-state index contributed by atoms with van der Waals surface area (Å²) >= 11 is 0. The van der Waals surface area contributed by atoms with Crippen LogP contribution in [0.4, 0.5) is 29.3 Å². The molecule has 2 amide bonds. The molecule has 2 aromatic carbocycles. The molecule has 2 N–H and O–H groups in total. The second-order valence-corrected chi connectivity index (χ2v) is 10.3. The third-order valence-corrected chi connectivity index (χ3v) is 7.07. The third-order valence-electron chi connectivity index (χ3n) is 7.07. The molecule has 0 atom stereocenters. The van der Waals surface area contributed by atoms with Gasteiger partial charge in [0.2, 0.25) is 5.88 Å². The Morgan fingerprint density at radius 3 is 2.43 bits per heavy atom. The quantitative estimate of drug-likeness (QED) is 0.191. The lowest BCUT2D eigenvalue weighted by Crippen LogP contribution is -2.38. The molecule has 0 radical (unpaired) electrons. The Bertz CT molecular complexity index is 2040. The highest BCUT2D eigenvalue weighted by atomic mass is 19.4. The molecule has 1 aliphatic heterocycles. The van der Waals surface area contributed by atoms with Crippen molar-refractivity contribution in [2.45, 2.75) is 12.3 Å². The Morgan fingerprint density at radius 1 is 0.915 bits per heavy atom. The first-order chi connectivity index (χ1) is 22.8. The van der Waals surface area contributed by atoms with Gasteiger partial charge in [-0.3, -0.25) is 4.98 Å². The van der Waals surface area contributed by atoms with Crippen LogP contribution < -0.4 is 20.1 Å². The van der Waals surface area contributed by atoms with Crippen molar-refractivity contribution in [2.24, 2.45) is 0 Å². The lowest BCUT2D eigenvalue weighted by molar-refractivity contribution is -0.137. The Morgan fingerprint density at radius 2 is 1.72 bits per heavy atom. The van der Waals surface area contributed by atoms with Gasteiger partial charge in [-0.05, 0) is 35.9 Å². The molecule has 7 rings (SSSR count). The van der Waals surface area contributed by atoms with Gasteiger partial charge in [-0.2, -0.15) is 23.3 Å². The summed E-state index contributed by atoms with van der Waals surface area (Å²) in [6.45, 7) is 1.08. The van der Waals surface area contributed by atoms with E-state index < -0.39 is 17.8 Å². The van der Waals surface area contributed by atoms with E-state index in [0.29, 0.717) is 41.6 Å². The van der Waals surface area contributed by atoms with Gasteiger partial charge in [-0.1, -0.05) is 24.3 Å². The van der Waals surface area contributed by atoms with Crippen molar-refractivity contribution in [2.75, 3.05) is 23.8 Å². The van der Waals surface area contributed by atoms with Crippen molar-refractivity contribution >= 4 is 23.1 Å². The number of rotatable bonds is 8. The summed E-state index contributed by atoms with van der Waals surface area (Å²) in [7, 11) is 0. The zero-order valence-corrected chi connectivity index (χ0v) is 24.2. The van der Waals surface area contributed by atoms with E-state index in [-0.39, 0.29) is 23.5 Å². The number of halogens is 3. The number of amides is 2. The minimum Gasteiger partial charge on any atom is -0.469 e. The summed E-state index contributed by atoms with van der Waals surface area (Å²) in [6, 6.07) is 14.5. The summed E-state index contributed by atoms with van der Waals surface area (Å²) in [6.07, 6.45) is 4.54. The Hall–Kier alpha value is -6.09. The molecular formula is C32H23F3N8O4. The zero-order chi connectivity index (χ0) is 32.4. The van der Waals surface area contributed by atoms with Crippen LogP contribution in [0.5, 0.6) is 17.6 Å². The zero-order valence-electron chi connectivity index (χ0n) is 24.2. The van der Waals surface area contributed by atoms with Crippen molar-refractivity contribution in [3.05, 3.63) is 103 Å². The largest absolute Gasteiger partial charge is 0.469 e. The summed E-state index contributed by atoms with van der Waals surface area (Å²) in [4.78, 5) is 29.6. The maximum absolute atomic E-state index is 13.4. The van der Waals surface area contributed by atoms with Gasteiger partial charge in [0, 0.05) is 41.3 Å². The fraction of sp³-hybridized carbons (Fsp3) is 0.125. The van der Waals surface area contributed by atoms with Crippen LogP contribution in [0.15, 0.2) is 97.8 Å². The van der Waals surface area contributed by atoms with Crippen LogP contribution >= 0.6 is 0 Å². The van der Waals surface area contributed by atoms with Crippen molar-refractivity contribution < 1.29 is 32.2 Å². The maximum Gasteiger partial charge on any atom is 0.416 e. The van der Waals surface area contributed by atoms with E-state index >= 15 is 0 Å². The molecule has 0 bridgehead atoms. The predicted octanol–water partition coefficient (Wildman–Crippen LogP) is 6.48. The van der Waals surface area contributed by atoms with Gasteiger partial charge in [0.15, 0.2) is 5.65 Å². The van der Waals surface area contributed by atoms with Gasteiger partial charge in [0.05, 0.1) is 48.7 Å². The van der Waals surface area contributed by atoms with Crippen LogP contribution in [0.3, 0.4) is 0 Å². The molecule has 1 aliphatic rings. The van der Waals surface area contributed by atoms with Crippen molar-refractivity contribution in [1.29, 1.82) is 0 Å². The van der Waals surface area contributed by atoms with Crippen molar-refractivity contribution in [3.8, 4) is 39.9 Å². The minimum atomic E-state index is -4.60. The minimum absolute atomic E-state index is 0.00692. The molecule has 1 saturated heterocycles. The number of nitrogens with zero attached hydrogens (tertiary/aromatic N) is 6. The summed E-state index contributed by atoms with van der Waals surface area (Å²) < 4.78 is 58.6. The van der Waals surface area contributed by atoms with Gasteiger partial charge in [-0.15, -0.1) is 0 Å². The standard InChI is InChI=1S/C32H23F3N8O4/c33-32(34,35)21-5-8-25(20-2-1-10-36-13-20)27(12-21)41-30(44)40-22-14-37-31(38-15-22)47-23-6-3-19(4-7-23)26-16-39-43-11-9-28(42-29(26)43)46-24-17-45-18-24/h1-16,24H,17-18H2,(H2,40,41,44). The van der Waals surface area contributed by atoms with Crippen LogP contribution in [0.1, 0.15) is 5.56 Å². The van der Waals surface area contributed by atoms with Gasteiger partial charge >= 0.3 is 18.2 Å². The number of carbonyl (C=O) groups excluding carboxylic acids is 1. The molecule has 1 fully saturated rings. The average Bonchev–Trinajstić information content (AvgIpc) is 3.47. The van der Waals surface area contributed by atoms with E-state index in [9.17, 15) is 18.0 Å². The highest BCUT2D eigenvalue weighted by molar-refractivity contribution is 6.02. The molecule has 0 unspecified atom stereocenters. The molecule has 5 heterocycles. The number of benzene rings is 2. The van der Waals surface area contributed by atoms with E-state index in [1.54, 1.807) is 47.2 Å². The average molecular weight is 641 g/mol. The Balaban J connectivity index is 1.00. The van der Waals surface area contributed by atoms with Gasteiger partial charge in [0.1, 0.15) is 11.9 Å². The predicted molar refractivity (Wildman–Crippen MR) is 163 cm³/mol. The summed E-state index contributed by atoms with van der Waals surface area (Å²) in [5, 5.41) is 9.37. The number of hydrogen-bond donors (Lipinski definition) is 2. The molecule has 0 aliphatic carbocycles. The SMILES string of the molecule is O=C(Nc1cnc(Oc2ccc(-c3cnn4ccc(OC5COC5)nc34)cc2)nc1)Nc1cc(C(F)(F)F)ccc1-c1cccnc1.